The van der Waals surface area contributed by atoms with Gasteiger partial charge < -0.3 is 19.4 Å². The summed E-state index contributed by atoms with van der Waals surface area (Å²) in [7, 11) is 0. The van der Waals surface area contributed by atoms with Crippen molar-refractivity contribution in [3.8, 4) is 0 Å². The van der Waals surface area contributed by atoms with Gasteiger partial charge in [-0.3, -0.25) is 9.59 Å². The van der Waals surface area contributed by atoms with Gasteiger partial charge in [0.1, 0.15) is 17.2 Å². The molecular weight excluding hydrogens is 380 g/mol. The minimum atomic E-state index is -0.758. The molecule has 2 amide bonds. The molecule has 0 bridgehead atoms. The molecule has 0 saturated carbocycles. The van der Waals surface area contributed by atoms with Crippen molar-refractivity contribution in [3.05, 3.63) is 53.5 Å². The molecule has 28 heavy (non-hydrogen) atoms. The number of esters is 1. The molecule has 1 saturated heterocycles. The molecule has 8 heteroatoms. The van der Waals surface area contributed by atoms with Crippen molar-refractivity contribution in [3.63, 3.8) is 0 Å². The lowest BCUT2D eigenvalue weighted by molar-refractivity contribution is -0.155. The van der Waals surface area contributed by atoms with E-state index in [0.29, 0.717) is 17.2 Å². The molecule has 1 fully saturated rings. The van der Waals surface area contributed by atoms with Gasteiger partial charge in [0.15, 0.2) is 6.61 Å². The second kappa shape index (κ2) is 8.52. The number of carbonyl (C=O) groups excluding carboxylic acids is 3. The molecule has 148 valence electrons. The van der Waals surface area contributed by atoms with Crippen LogP contribution in [0.2, 0.25) is 0 Å². The summed E-state index contributed by atoms with van der Waals surface area (Å²) in [5.74, 6) is -0.311. The van der Waals surface area contributed by atoms with Crippen LogP contribution in [-0.4, -0.2) is 41.1 Å². The number of hydrogen-bond acceptors (Lipinski definition) is 6. The Kier molecular flexibility index (Phi) is 6.08. The molecule has 2 aromatic rings. The highest BCUT2D eigenvalue weighted by atomic mass is 32.2. The van der Waals surface area contributed by atoms with Crippen molar-refractivity contribution in [1.29, 1.82) is 0 Å². The van der Waals surface area contributed by atoms with Crippen LogP contribution >= 0.6 is 11.8 Å². The third kappa shape index (κ3) is 4.39. The Morgan fingerprint density at radius 2 is 2.07 bits per heavy atom. The number of anilines is 1. The van der Waals surface area contributed by atoms with Crippen LogP contribution in [0.15, 0.2) is 41.0 Å². The molecular formula is C20H22N2O5S. The molecule has 0 unspecified atom stereocenters. The molecule has 1 aliphatic rings. The van der Waals surface area contributed by atoms with Gasteiger partial charge in [-0.25, -0.2) is 4.79 Å². The van der Waals surface area contributed by atoms with Gasteiger partial charge in [0.05, 0.1) is 6.26 Å². The predicted octanol–water partition coefficient (Wildman–Crippen LogP) is 3.04. The number of thioether (sulfide) groups is 1. The monoisotopic (exact) mass is 402 g/mol. The maximum Gasteiger partial charge on any atom is 0.330 e. The summed E-state index contributed by atoms with van der Waals surface area (Å²) in [5.41, 5.74) is 2.69. The highest BCUT2D eigenvalue weighted by Gasteiger charge is 2.43. The molecule has 1 N–H and O–H groups in total. The Balaban J connectivity index is 1.59. The van der Waals surface area contributed by atoms with E-state index in [1.807, 2.05) is 32.0 Å². The number of carbonyl (C=O) groups is 3. The van der Waals surface area contributed by atoms with E-state index in [9.17, 15) is 14.4 Å². The number of hydrogen-bond donors (Lipinski definition) is 1. The van der Waals surface area contributed by atoms with Crippen LogP contribution < -0.4 is 5.32 Å². The first kappa shape index (κ1) is 20.0. The predicted molar refractivity (Wildman–Crippen MR) is 106 cm³/mol. The number of rotatable bonds is 5. The first-order chi connectivity index (χ1) is 13.4. The Bertz CT molecular complexity index is 881. The average molecular weight is 402 g/mol. The third-order valence-electron chi connectivity index (χ3n) is 4.42. The zero-order valence-corrected chi connectivity index (χ0v) is 16.7. The minimum absolute atomic E-state index is 0.256. The van der Waals surface area contributed by atoms with Crippen molar-refractivity contribution in [1.82, 2.24) is 4.90 Å². The summed E-state index contributed by atoms with van der Waals surface area (Å²) in [6.07, 6.45) is 1.53. The molecule has 1 aliphatic heterocycles. The summed E-state index contributed by atoms with van der Waals surface area (Å²) in [5, 5.41) is 2.35. The fourth-order valence-electron chi connectivity index (χ4n) is 3.10. The normalized spacial score (nSPS) is 18.8. The molecule has 0 aliphatic carbocycles. The Hall–Kier alpha value is -2.74. The topological polar surface area (TPSA) is 88.8 Å². The van der Waals surface area contributed by atoms with Crippen LogP contribution in [0.5, 0.6) is 0 Å². The lowest BCUT2D eigenvalue weighted by atomic mass is 10.1. The molecule has 2 atom stereocenters. The number of aryl methyl sites for hydroxylation is 2. The van der Waals surface area contributed by atoms with E-state index in [1.165, 1.54) is 29.8 Å². The fourth-order valence-corrected chi connectivity index (χ4v) is 4.51. The van der Waals surface area contributed by atoms with E-state index in [0.717, 1.165) is 11.1 Å². The van der Waals surface area contributed by atoms with Gasteiger partial charge in [-0.05, 0) is 37.6 Å². The highest BCUT2D eigenvalue weighted by Crippen LogP contribution is 2.41. The van der Waals surface area contributed by atoms with E-state index in [4.69, 9.17) is 9.15 Å². The summed E-state index contributed by atoms with van der Waals surface area (Å²) in [4.78, 5) is 38.2. The van der Waals surface area contributed by atoms with Crippen LogP contribution in [-0.2, 0) is 19.1 Å². The van der Waals surface area contributed by atoms with Crippen LogP contribution in [0.3, 0.4) is 0 Å². The highest BCUT2D eigenvalue weighted by molar-refractivity contribution is 7.99. The lowest BCUT2D eigenvalue weighted by Gasteiger charge is -2.25. The lowest BCUT2D eigenvalue weighted by Crippen LogP contribution is -2.43. The zero-order chi connectivity index (χ0) is 20.3. The molecule has 1 aromatic carbocycles. The van der Waals surface area contributed by atoms with Gasteiger partial charge in [0.25, 0.3) is 5.91 Å². The number of benzene rings is 1. The second-order valence-corrected chi connectivity index (χ2v) is 7.73. The van der Waals surface area contributed by atoms with Gasteiger partial charge in [-0.15, -0.1) is 11.8 Å². The first-order valence-electron chi connectivity index (χ1n) is 8.84. The molecule has 3 rings (SSSR count). The Labute approximate surface area is 167 Å². The summed E-state index contributed by atoms with van der Waals surface area (Å²) < 4.78 is 10.6. The van der Waals surface area contributed by atoms with E-state index >= 15 is 0 Å². The van der Waals surface area contributed by atoms with E-state index in [-0.39, 0.29) is 11.3 Å². The van der Waals surface area contributed by atoms with Crippen molar-refractivity contribution in [2.24, 2.45) is 0 Å². The van der Waals surface area contributed by atoms with Crippen LogP contribution in [0.4, 0.5) is 5.69 Å². The van der Waals surface area contributed by atoms with Gasteiger partial charge in [-0.2, -0.15) is 0 Å². The van der Waals surface area contributed by atoms with Crippen LogP contribution in [0.25, 0.3) is 0 Å². The van der Waals surface area contributed by atoms with Crippen molar-refractivity contribution in [2.75, 3.05) is 17.7 Å². The SMILES string of the molecule is CC(=O)N1[C@H](C(=O)OCC(=O)Nc2ccc(C)cc2C)CS[C@H]1c1ccco1. The van der Waals surface area contributed by atoms with Crippen LogP contribution in [0.1, 0.15) is 29.2 Å². The second-order valence-electron chi connectivity index (χ2n) is 6.62. The maximum atomic E-state index is 12.5. The molecule has 1 aromatic heterocycles. The Morgan fingerprint density at radius 3 is 2.71 bits per heavy atom. The number of nitrogens with zero attached hydrogens (tertiary/aromatic N) is 1. The minimum Gasteiger partial charge on any atom is -0.466 e. The summed E-state index contributed by atoms with van der Waals surface area (Å²) in [6.45, 7) is 4.85. The first-order valence-corrected chi connectivity index (χ1v) is 9.89. The van der Waals surface area contributed by atoms with E-state index < -0.39 is 24.5 Å². The van der Waals surface area contributed by atoms with E-state index in [2.05, 4.69) is 5.32 Å². The van der Waals surface area contributed by atoms with Gasteiger partial charge >= 0.3 is 5.97 Å². The van der Waals surface area contributed by atoms with Gasteiger partial charge in [-0.1, -0.05) is 17.7 Å². The molecule has 2 heterocycles. The quantitative estimate of drug-likeness (QED) is 0.774. The molecule has 0 radical (unpaired) electrons. The zero-order valence-electron chi connectivity index (χ0n) is 15.9. The van der Waals surface area contributed by atoms with Crippen molar-refractivity contribution in [2.45, 2.75) is 32.2 Å². The fraction of sp³-hybridized carbons (Fsp3) is 0.350. The van der Waals surface area contributed by atoms with E-state index in [1.54, 1.807) is 12.1 Å². The Morgan fingerprint density at radius 1 is 1.29 bits per heavy atom. The van der Waals surface area contributed by atoms with Gasteiger partial charge in [0.2, 0.25) is 5.91 Å². The third-order valence-corrected chi connectivity index (χ3v) is 5.71. The molecule has 7 nitrogen and oxygen atoms in total. The molecule has 0 spiro atoms. The van der Waals surface area contributed by atoms with Crippen molar-refractivity contribution < 1.29 is 23.5 Å². The smallest absolute Gasteiger partial charge is 0.330 e. The summed E-state index contributed by atoms with van der Waals surface area (Å²) >= 11 is 1.42. The van der Waals surface area contributed by atoms with Crippen molar-refractivity contribution >= 4 is 35.2 Å². The number of amides is 2. The summed E-state index contributed by atoms with van der Waals surface area (Å²) in [6, 6.07) is 8.40. The average Bonchev–Trinajstić information content (AvgIpc) is 3.31. The van der Waals surface area contributed by atoms with Gasteiger partial charge in [0, 0.05) is 18.4 Å². The standard InChI is InChI=1S/C20H22N2O5S/c1-12-6-7-15(13(2)9-12)21-18(24)10-27-20(25)16-11-28-19(22(16)14(3)23)17-5-4-8-26-17/h4-9,16,19H,10-11H2,1-3H3,(H,21,24)/t16-,19-/m0/s1. The largest absolute Gasteiger partial charge is 0.466 e. The number of ether oxygens (including phenoxy) is 1. The maximum absolute atomic E-state index is 12.5. The number of nitrogens with one attached hydrogen (secondary N) is 1. The van der Waals surface area contributed by atoms with Crippen LogP contribution in [0, 0.1) is 13.8 Å². The number of furan rings is 1.